The van der Waals surface area contributed by atoms with Crippen LogP contribution in [0, 0.1) is 5.92 Å². The van der Waals surface area contributed by atoms with E-state index in [-0.39, 0.29) is 12.6 Å². The highest BCUT2D eigenvalue weighted by Gasteiger charge is 2.36. The van der Waals surface area contributed by atoms with E-state index in [9.17, 15) is 9.59 Å². The number of likely N-dealkylation sites (tertiary alicyclic amines) is 1. The molecule has 0 aromatic rings. The molecule has 0 bridgehead atoms. The Kier molecular flexibility index (Phi) is 4.63. The molecule has 2 aliphatic rings. The highest BCUT2D eigenvalue weighted by atomic mass is 16.5. The van der Waals surface area contributed by atoms with Crippen LogP contribution >= 0.6 is 0 Å². The fraction of sp³-hybridized carbons (Fsp3) is 0.846. The fourth-order valence-corrected chi connectivity index (χ4v) is 2.71. The zero-order valence-corrected chi connectivity index (χ0v) is 11.6. The van der Waals surface area contributed by atoms with Gasteiger partial charge in [-0.25, -0.2) is 9.59 Å². The number of morpholine rings is 1. The van der Waals surface area contributed by atoms with Gasteiger partial charge in [0.05, 0.1) is 20.3 Å². The molecule has 2 heterocycles. The summed E-state index contributed by atoms with van der Waals surface area (Å²) in [5, 5.41) is 0. The van der Waals surface area contributed by atoms with Gasteiger partial charge < -0.3 is 19.3 Å². The van der Waals surface area contributed by atoms with Crippen molar-refractivity contribution in [2.24, 2.45) is 5.92 Å². The van der Waals surface area contributed by atoms with Gasteiger partial charge in [-0.05, 0) is 18.8 Å². The van der Waals surface area contributed by atoms with E-state index in [1.54, 1.807) is 4.90 Å². The van der Waals surface area contributed by atoms with E-state index in [1.807, 2.05) is 4.90 Å². The van der Waals surface area contributed by atoms with Gasteiger partial charge in [-0.1, -0.05) is 6.92 Å². The molecule has 0 aromatic heterocycles. The summed E-state index contributed by atoms with van der Waals surface area (Å²) in [6.07, 6.45) is 2.19. The molecular formula is C13H22N2O4. The minimum Gasteiger partial charge on any atom is -0.467 e. The lowest BCUT2D eigenvalue weighted by molar-refractivity contribution is -0.151. The summed E-state index contributed by atoms with van der Waals surface area (Å²) in [7, 11) is 1.34. The largest absolute Gasteiger partial charge is 0.467 e. The zero-order valence-electron chi connectivity index (χ0n) is 11.6. The van der Waals surface area contributed by atoms with Crippen LogP contribution in [0.5, 0.6) is 0 Å². The van der Waals surface area contributed by atoms with Crippen LogP contribution in [0.1, 0.15) is 19.8 Å². The topological polar surface area (TPSA) is 59.1 Å². The number of hydrogen-bond donors (Lipinski definition) is 0. The number of nitrogens with zero attached hydrogens (tertiary/aromatic N) is 2. The standard InChI is InChI=1S/C13H22N2O4/c1-10-4-3-5-14(8-10)13(17)15-6-7-19-9-11(15)12(16)18-2/h10-11H,3-9H2,1-2H3. The first-order chi connectivity index (χ1) is 9.13. The first-order valence-corrected chi connectivity index (χ1v) is 6.84. The van der Waals surface area contributed by atoms with Gasteiger partial charge in [0.15, 0.2) is 6.04 Å². The van der Waals surface area contributed by atoms with Crippen molar-refractivity contribution in [3.63, 3.8) is 0 Å². The van der Waals surface area contributed by atoms with Crippen LogP contribution in [0.2, 0.25) is 0 Å². The average molecular weight is 270 g/mol. The maximum absolute atomic E-state index is 12.5. The Morgan fingerprint density at radius 2 is 2.11 bits per heavy atom. The number of rotatable bonds is 1. The Balaban J connectivity index is 2.04. The van der Waals surface area contributed by atoms with Crippen molar-refractivity contribution >= 4 is 12.0 Å². The van der Waals surface area contributed by atoms with Crippen LogP contribution in [-0.4, -0.2) is 67.8 Å². The van der Waals surface area contributed by atoms with E-state index in [0.29, 0.717) is 19.1 Å². The number of carbonyl (C=O) groups is 2. The van der Waals surface area contributed by atoms with E-state index in [1.165, 1.54) is 7.11 Å². The summed E-state index contributed by atoms with van der Waals surface area (Å²) >= 11 is 0. The van der Waals surface area contributed by atoms with Crippen molar-refractivity contribution in [2.75, 3.05) is 40.0 Å². The third-order valence-electron chi connectivity index (χ3n) is 3.77. The molecule has 0 radical (unpaired) electrons. The van der Waals surface area contributed by atoms with Crippen LogP contribution in [0.3, 0.4) is 0 Å². The zero-order chi connectivity index (χ0) is 13.8. The summed E-state index contributed by atoms with van der Waals surface area (Å²) in [4.78, 5) is 27.7. The van der Waals surface area contributed by atoms with E-state index in [0.717, 1.165) is 25.9 Å². The molecule has 6 nitrogen and oxygen atoms in total. The van der Waals surface area contributed by atoms with Crippen molar-refractivity contribution < 1.29 is 19.1 Å². The molecule has 2 unspecified atom stereocenters. The molecule has 0 N–H and O–H groups in total. The van der Waals surface area contributed by atoms with E-state index in [4.69, 9.17) is 9.47 Å². The third kappa shape index (κ3) is 3.18. The maximum atomic E-state index is 12.5. The summed E-state index contributed by atoms with van der Waals surface area (Å²) in [6, 6.07) is -0.672. The lowest BCUT2D eigenvalue weighted by Crippen LogP contribution is -2.58. The molecule has 108 valence electrons. The van der Waals surface area contributed by atoms with Gasteiger partial charge in [0.2, 0.25) is 0 Å². The maximum Gasteiger partial charge on any atom is 0.331 e. The number of esters is 1. The Morgan fingerprint density at radius 3 is 2.79 bits per heavy atom. The number of piperidine rings is 1. The van der Waals surface area contributed by atoms with Gasteiger partial charge in [-0.3, -0.25) is 0 Å². The van der Waals surface area contributed by atoms with Crippen molar-refractivity contribution in [1.82, 2.24) is 9.80 Å². The fourth-order valence-electron chi connectivity index (χ4n) is 2.71. The number of methoxy groups -OCH3 is 1. The lowest BCUT2D eigenvalue weighted by Gasteiger charge is -2.39. The summed E-state index contributed by atoms with van der Waals surface area (Å²) in [5.74, 6) is 0.119. The molecular weight excluding hydrogens is 248 g/mol. The Bertz CT molecular complexity index is 348. The molecule has 2 amide bonds. The summed E-state index contributed by atoms with van der Waals surface area (Å²) < 4.78 is 10.0. The van der Waals surface area contributed by atoms with E-state index in [2.05, 4.69) is 6.92 Å². The van der Waals surface area contributed by atoms with Crippen LogP contribution < -0.4 is 0 Å². The Labute approximate surface area is 113 Å². The van der Waals surface area contributed by atoms with Crippen molar-refractivity contribution in [1.29, 1.82) is 0 Å². The summed E-state index contributed by atoms with van der Waals surface area (Å²) in [5.41, 5.74) is 0. The van der Waals surface area contributed by atoms with Crippen molar-refractivity contribution in [3.8, 4) is 0 Å². The first-order valence-electron chi connectivity index (χ1n) is 6.84. The molecule has 0 saturated carbocycles. The highest BCUT2D eigenvalue weighted by Crippen LogP contribution is 2.19. The second kappa shape index (κ2) is 6.23. The van der Waals surface area contributed by atoms with E-state index < -0.39 is 12.0 Å². The molecule has 19 heavy (non-hydrogen) atoms. The number of amides is 2. The predicted octanol–water partition coefficient (Wildman–Crippen LogP) is 0.712. The monoisotopic (exact) mass is 270 g/mol. The van der Waals surface area contributed by atoms with Crippen molar-refractivity contribution in [3.05, 3.63) is 0 Å². The lowest BCUT2D eigenvalue weighted by atomic mass is 10.0. The number of hydrogen-bond acceptors (Lipinski definition) is 4. The molecule has 0 aromatic carbocycles. The minimum absolute atomic E-state index is 0.0646. The smallest absolute Gasteiger partial charge is 0.331 e. The van der Waals surface area contributed by atoms with Gasteiger partial charge in [-0.2, -0.15) is 0 Å². The molecule has 2 rings (SSSR count). The number of urea groups is 1. The van der Waals surface area contributed by atoms with Crippen LogP contribution in [-0.2, 0) is 14.3 Å². The normalized spacial score (nSPS) is 28.1. The average Bonchev–Trinajstić information content (AvgIpc) is 2.45. The summed E-state index contributed by atoms with van der Waals surface area (Å²) in [6.45, 7) is 4.84. The molecule has 0 spiro atoms. The van der Waals surface area contributed by atoms with Gasteiger partial charge in [-0.15, -0.1) is 0 Å². The van der Waals surface area contributed by atoms with Gasteiger partial charge in [0, 0.05) is 19.6 Å². The number of carbonyl (C=O) groups excluding carboxylic acids is 2. The Hall–Kier alpha value is -1.30. The van der Waals surface area contributed by atoms with Crippen LogP contribution in [0.25, 0.3) is 0 Å². The van der Waals surface area contributed by atoms with Gasteiger partial charge >= 0.3 is 12.0 Å². The quantitative estimate of drug-likeness (QED) is 0.659. The van der Waals surface area contributed by atoms with Crippen LogP contribution in [0.4, 0.5) is 4.79 Å². The molecule has 2 saturated heterocycles. The molecule has 6 heteroatoms. The second-order valence-corrected chi connectivity index (χ2v) is 5.28. The number of ether oxygens (including phenoxy) is 2. The molecule has 2 aliphatic heterocycles. The predicted molar refractivity (Wildman–Crippen MR) is 68.7 cm³/mol. The third-order valence-corrected chi connectivity index (χ3v) is 3.77. The van der Waals surface area contributed by atoms with Gasteiger partial charge in [0.1, 0.15) is 0 Å². The Morgan fingerprint density at radius 1 is 1.32 bits per heavy atom. The van der Waals surface area contributed by atoms with E-state index >= 15 is 0 Å². The minimum atomic E-state index is -0.608. The molecule has 0 aliphatic carbocycles. The molecule has 2 fully saturated rings. The van der Waals surface area contributed by atoms with Crippen LogP contribution in [0.15, 0.2) is 0 Å². The first kappa shape index (κ1) is 14.1. The SMILES string of the molecule is COC(=O)C1COCCN1C(=O)N1CCCC(C)C1. The molecule has 2 atom stereocenters. The van der Waals surface area contributed by atoms with Gasteiger partial charge in [0.25, 0.3) is 0 Å². The highest BCUT2D eigenvalue weighted by molar-refractivity contribution is 5.84. The van der Waals surface area contributed by atoms with Crippen molar-refractivity contribution in [2.45, 2.75) is 25.8 Å². The second-order valence-electron chi connectivity index (χ2n) is 5.28.